The molecule has 5 heteroatoms. The first-order valence-electron chi connectivity index (χ1n) is 7.30. The Balaban J connectivity index is 1.68. The summed E-state index contributed by atoms with van der Waals surface area (Å²) in [4.78, 5) is 16.1. The Labute approximate surface area is 139 Å². The summed E-state index contributed by atoms with van der Waals surface area (Å²) in [6.45, 7) is 2.03. The zero-order valence-electron chi connectivity index (χ0n) is 12.6. The lowest BCUT2D eigenvalue weighted by atomic mass is 10.1. The predicted octanol–water partition coefficient (Wildman–Crippen LogP) is 4.51. The van der Waals surface area contributed by atoms with Crippen LogP contribution in [0, 0.1) is 6.92 Å². The van der Waals surface area contributed by atoms with Gasteiger partial charge < -0.3 is 4.52 Å². The Bertz CT molecular complexity index is 842. The van der Waals surface area contributed by atoms with E-state index in [1.165, 1.54) is 0 Å². The van der Waals surface area contributed by atoms with Gasteiger partial charge in [0, 0.05) is 30.7 Å². The van der Waals surface area contributed by atoms with E-state index in [2.05, 4.69) is 10.1 Å². The normalized spacial score (nSPS) is 10.7. The second-order valence-corrected chi connectivity index (χ2v) is 5.67. The lowest BCUT2D eigenvalue weighted by molar-refractivity contribution is 0.0980. The molecule has 0 atom stereocenters. The molecule has 1 aromatic carbocycles. The van der Waals surface area contributed by atoms with Gasteiger partial charge in [0.25, 0.3) is 0 Å². The molecule has 4 nitrogen and oxygen atoms in total. The third kappa shape index (κ3) is 3.66. The van der Waals surface area contributed by atoms with Gasteiger partial charge in [0.15, 0.2) is 5.78 Å². The Morgan fingerprint density at radius 3 is 2.87 bits per heavy atom. The molecule has 0 spiro atoms. The van der Waals surface area contributed by atoms with Gasteiger partial charge in [-0.2, -0.15) is 0 Å². The first-order valence-corrected chi connectivity index (χ1v) is 7.67. The van der Waals surface area contributed by atoms with E-state index < -0.39 is 0 Å². The van der Waals surface area contributed by atoms with Crippen molar-refractivity contribution in [1.82, 2.24) is 10.1 Å². The summed E-state index contributed by atoms with van der Waals surface area (Å²) in [5, 5.41) is 4.30. The molecule has 0 aliphatic rings. The number of rotatable bonds is 5. The van der Waals surface area contributed by atoms with Crippen molar-refractivity contribution in [3.05, 3.63) is 70.7 Å². The van der Waals surface area contributed by atoms with Gasteiger partial charge in [-0.05, 0) is 25.1 Å². The third-order valence-corrected chi connectivity index (χ3v) is 3.83. The minimum absolute atomic E-state index is 0.0587. The van der Waals surface area contributed by atoms with E-state index in [1.807, 2.05) is 37.3 Å². The van der Waals surface area contributed by atoms with Crippen molar-refractivity contribution in [2.45, 2.75) is 19.8 Å². The molecule has 0 bridgehead atoms. The van der Waals surface area contributed by atoms with Crippen molar-refractivity contribution in [2.75, 3.05) is 0 Å². The van der Waals surface area contributed by atoms with Crippen LogP contribution in [0.3, 0.4) is 0 Å². The van der Waals surface area contributed by atoms with Gasteiger partial charge in [0.05, 0.1) is 5.56 Å². The average molecular weight is 327 g/mol. The van der Waals surface area contributed by atoms with Crippen molar-refractivity contribution >= 4 is 17.4 Å². The average Bonchev–Trinajstić information content (AvgIpc) is 3.02. The van der Waals surface area contributed by atoms with E-state index in [9.17, 15) is 4.79 Å². The summed E-state index contributed by atoms with van der Waals surface area (Å²) < 4.78 is 5.32. The standard InChI is InChI=1S/C18H15ClN2O2/c1-12-4-2-5-13(10-12)16-11-14(23-21-16)7-8-17(22)15-6-3-9-20-18(15)19/h2-6,9-11H,7-8H2,1H3. The second-order valence-electron chi connectivity index (χ2n) is 5.31. The van der Waals surface area contributed by atoms with Gasteiger partial charge in [-0.3, -0.25) is 4.79 Å². The van der Waals surface area contributed by atoms with Crippen LogP contribution in [0.1, 0.15) is 28.1 Å². The molecule has 0 N–H and O–H groups in total. The van der Waals surface area contributed by atoms with Crippen LogP contribution in [0.15, 0.2) is 53.2 Å². The van der Waals surface area contributed by atoms with Gasteiger partial charge in [-0.25, -0.2) is 4.98 Å². The number of aryl methyl sites for hydroxylation is 2. The van der Waals surface area contributed by atoms with E-state index >= 15 is 0 Å². The largest absolute Gasteiger partial charge is 0.361 e. The molecule has 0 aliphatic heterocycles. The van der Waals surface area contributed by atoms with Gasteiger partial charge in [0.1, 0.15) is 16.6 Å². The monoisotopic (exact) mass is 326 g/mol. The fourth-order valence-corrected chi connectivity index (χ4v) is 2.56. The van der Waals surface area contributed by atoms with Crippen molar-refractivity contribution < 1.29 is 9.32 Å². The van der Waals surface area contributed by atoms with Crippen molar-refractivity contribution in [3.8, 4) is 11.3 Å². The summed E-state index contributed by atoms with van der Waals surface area (Å²) in [7, 11) is 0. The van der Waals surface area contributed by atoms with Gasteiger partial charge >= 0.3 is 0 Å². The number of hydrogen-bond donors (Lipinski definition) is 0. The van der Waals surface area contributed by atoms with Crippen LogP contribution in [0.25, 0.3) is 11.3 Å². The maximum atomic E-state index is 12.2. The molecule has 2 aromatic heterocycles. The van der Waals surface area contributed by atoms with E-state index in [0.717, 1.165) is 16.8 Å². The highest BCUT2D eigenvalue weighted by molar-refractivity contribution is 6.32. The lowest BCUT2D eigenvalue weighted by Gasteiger charge is -2.00. The van der Waals surface area contributed by atoms with Crippen LogP contribution in [-0.2, 0) is 6.42 Å². The lowest BCUT2D eigenvalue weighted by Crippen LogP contribution is -2.02. The fraction of sp³-hybridized carbons (Fsp3) is 0.167. The zero-order valence-corrected chi connectivity index (χ0v) is 13.4. The number of halogens is 1. The van der Waals surface area contributed by atoms with E-state index in [4.69, 9.17) is 16.1 Å². The molecule has 0 radical (unpaired) electrons. The highest BCUT2D eigenvalue weighted by atomic mass is 35.5. The molecule has 2 heterocycles. The number of pyridine rings is 1. The number of carbonyl (C=O) groups is 1. The molecule has 0 saturated carbocycles. The topological polar surface area (TPSA) is 56.0 Å². The first-order chi connectivity index (χ1) is 11.1. The molecule has 0 amide bonds. The van der Waals surface area contributed by atoms with Gasteiger partial charge in [0.2, 0.25) is 0 Å². The van der Waals surface area contributed by atoms with Crippen LogP contribution in [0.5, 0.6) is 0 Å². The number of ketones is 1. The first kappa shape index (κ1) is 15.4. The maximum Gasteiger partial charge on any atom is 0.166 e. The van der Waals surface area contributed by atoms with Crippen molar-refractivity contribution in [2.24, 2.45) is 0 Å². The molecular weight excluding hydrogens is 312 g/mol. The number of carbonyl (C=O) groups excluding carboxylic acids is 1. The Morgan fingerprint density at radius 2 is 2.09 bits per heavy atom. The predicted molar refractivity (Wildman–Crippen MR) is 88.6 cm³/mol. The maximum absolute atomic E-state index is 12.2. The summed E-state index contributed by atoms with van der Waals surface area (Å²) in [5.74, 6) is 0.617. The minimum Gasteiger partial charge on any atom is -0.361 e. The molecule has 23 heavy (non-hydrogen) atoms. The number of Topliss-reactive ketones (excluding diaryl/α,β-unsaturated/α-hetero) is 1. The van der Waals surface area contributed by atoms with E-state index in [1.54, 1.807) is 18.3 Å². The number of aromatic nitrogens is 2. The number of benzene rings is 1. The van der Waals surface area contributed by atoms with Crippen LogP contribution in [0.4, 0.5) is 0 Å². The molecule has 0 fully saturated rings. The number of hydrogen-bond acceptors (Lipinski definition) is 4. The summed E-state index contributed by atoms with van der Waals surface area (Å²) in [6, 6.07) is 13.3. The minimum atomic E-state index is -0.0587. The molecular formula is C18H15ClN2O2. The van der Waals surface area contributed by atoms with Crippen LogP contribution in [-0.4, -0.2) is 15.9 Å². The van der Waals surface area contributed by atoms with E-state index in [0.29, 0.717) is 24.2 Å². The Hall–Kier alpha value is -2.46. The van der Waals surface area contributed by atoms with Crippen molar-refractivity contribution in [3.63, 3.8) is 0 Å². The quantitative estimate of drug-likeness (QED) is 0.511. The fourth-order valence-electron chi connectivity index (χ4n) is 2.34. The Morgan fingerprint density at radius 1 is 1.22 bits per heavy atom. The highest BCUT2D eigenvalue weighted by Crippen LogP contribution is 2.21. The van der Waals surface area contributed by atoms with Gasteiger partial charge in [-0.1, -0.05) is 40.5 Å². The van der Waals surface area contributed by atoms with Crippen LogP contribution >= 0.6 is 11.6 Å². The zero-order chi connectivity index (χ0) is 16.2. The highest BCUT2D eigenvalue weighted by Gasteiger charge is 2.13. The van der Waals surface area contributed by atoms with Gasteiger partial charge in [-0.15, -0.1) is 0 Å². The third-order valence-electron chi connectivity index (χ3n) is 3.53. The van der Waals surface area contributed by atoms with Crippen LogP contribution in [0.2, 0.25) is 5.15 Å². The molecule has 3 rings (SSSR count). The summed E-state index contributed by atoms with van der Waals surface area (Å²) >= 11 is 5.93. The molecule has 116 valence electrons. The smallest absolute Gasteiger partial charge is 0.166 e. The van der Waals surface area contributed by atoms with Crippen LogP contribution < -0.4 is 0 Å². The molecule has 0 aliphatic carbocycles. The number of nitrogens with zero attached hydrogens (tertiary/aromatic N) is 2. The summed E-state index contributed by atoms with van der Waals surface area (Å²) in [5.41, 5.74) is 3.37. The molecule has 0 saturated heterocycles. The molecule has 0 unspecified atom stereocenters. The second kappa shape index (κ2) is 6.75. The Kier molecular flexibility index (Phi) is 4.53. The summed E-state index contributed by atoms with van der Waals surface area (Å²) in [6.07, 6.45) is 2.33. The SMILES string of the molecule is Cc1cccc(-c2cc(CCC(=O)c3cccnc3Cl)on2)c1. The molecule has 3 aromatic rings. The van der Waals surface area contributed by atoms with E-state index in [-0.39, 0.29) is 10.9 Å². The van der Waals surface area contributed by atoms with Crippen molar-refractivity contribution in [1.29, 1.82) is 0 Å².